The highest BCUT2D eigenvalue weighted by Gasteiger charge is 2.18. The van der Waals surface area contributed by atoms with Crippen LogP contribution in [0.15, 0.2) is 108 Å². The van der Waals surface area contributed by atoms with Gasteiger partial charge in [-0.15, -0.1) is 0 Å². The van der Waals surface area contributed by atoms with E-state index in [-0.39, 0.29) is 17.0 Å². The second-order valence-corrected chi connectivity index (χ2v) is 8.77. The normalized spacial score (nSPS) is 11.1. The van der Waals surface area contributed by atoms with Crippen molar-refractivity contribution in [1.29, 1.82) is 0 Å². The molecular weight excluding hydrogens is 483 g/mol. The fourth-order valence-electron chi connectivity index (χ4n) is 4.45. The molecule has 0 unspecified atom stereocenters. The zero-order chi connectivity index (χ0) is 26.2. The number of amides is 1. The van der Waals surface area contributed by atoms with Crippen LogP contribution in [0, 0.1) is 5.82 Å². The molecule has 186 valence electrons. The van der Waals surface area contributed by atoms with E-state index >= 15 is 4.39 Å². The molecule has 1 amide bonds. The Hall–Kier alpha value is -5.24. The highest BCUT2D eigenvalue weighted by Crippen LogP contribution is 2.31. The average molecular weight is 505 g/mol. The monoisotopic (exact) mass is 504 g/mol. The molecule has 6 aromatic rings. The van der Waals surface area contributed by atoms with Gasteiger partial charge in [0.15, 0.2) is 11.6 Å². The van der Waals surface area contributed by atoms with Crippen LogP contribution in [0.1, 0.15) is 10.4 Å². The highest BCUT2D eigenvalue weighted by molar-refractivity contribution is 6.06. The Kier molecular flexibility index (Phi) is 5.69. The van der Waals surface area contributed by atoms with Gasteiger partial charge in [0.2, 0.25) is 5.43 Å². The van der Waals surface area contributed by atoms with Crippen LogP contribution in [0.4, 0.5) is 10.1 Å². The van der Waals surface area contributed by atoms with E-state index in [1.165, 1.54) is 18.3 Å². The lowest BCUT2D eigenvalue weighted by atomic mass is 10.1. The predicted octanol–water partition coefficient (Wildman–Crippen LogP) is 6.06. The molecule has 3 aromatic heterocycles. The lowest BCUT2D eigenvalue weighted by Crippen LogP contribution is -2.23. The molecule has 38 heavy (non-hydrogen) atoms. The molecule has 3 aromatic carbocycles. The van der Waals surface area contributed by atoms with Crippen LogP contribution in [0.25, 0.3) is 27.6 Å². The third-order valence-corrected chi connectivity index (χ3v) is 6.33. The highest BCUT2D eigenvalue weighted by atomic mass is 19.1. The van der Waals surface area contributed by atoms with Crippen molar-refractivity contribution in [2.24, 2.45) is 7.05 Å². The third-order valence-electron chi connectivity index (χ3n) is 6.33. The number of benzene rings is 3. The summed E-state index contributed by atoms with van der Waals surface area (Å²) in [6, 6.07) is 24.1. The summed E-state index contributed by atoms with van der Waals surface area (Å²) in [6.45, 7) is 0. The molecule has 0 spiro atoms. The first kappa shape index (κ1) is 23.2. The maximum absolute atomic E-state index is 15.0. The van der Waals surface area contributed by atoms with Gasteiger partial charge in [-0.25, -0.2) is 9.37 Å². The Morgan fingerprint density at radius 2 is 1.71 bits per heavy atom. The Morgan fingerprint density at radius 1 is 0.921 bits per heavy atom. The molecular formula is C30H21FN4O3. The van der Waals surface area contributed by atoms with E-state index in [0.717, 1.165) is 17.1 Å². The third kappa shape index (κ3) is 4.08. The number of aromatic nitrogens is 3. The first-order valence-electron chi connectivity index (χ1n) is 11.9. The standard InChI is InChI=1S/C30H21FN4O3/c1-34-16-14-22-26(13-15-32-29(22)34)38-27-12-11-19(17-24(27)31)33-30(37)23-18-35(20-7-3-2-4-8-20)25-10-6-5-9-21(25)28(23)36/h2-18H,1H3,(H,33,37). The maximum atomic E-state index is 15.0. The molecule has 0 radical (unpaired) electrons. The summed E-state index contributed by atoms with van der Waals surface area (Å²) in [7, 11) is 1.86. The van der Waals surface area contributed by atoms with Gasteiger partial charge >= 0.3 is 0 Å². The Bertz CT molecular complexity index is 1890. The number of pyridine rings is 2. The van der Waals surface area contributed by atoms with Crippen molar-refractivity contribution in [2.75, 3.05) is 5.32 Å². The number of nitrogens with zero attached hydrogens (tertiary/aromatic N) is 3. The largest absolute Gasteiger partial charge is 0.453 e. The van der Waals surface area contributed by atoms with E-state index in [4.69, 9.17) is 4.74 Å². The first-order chi connectivity index (χ1) is 18.5. The molecule has 8 heteroatoms. The Morgan fingerprint density at radius 3 is 2.53 bits per heavy atom. The van der Waals surface area contributed by atoms with Crippen molar-refractivity contribution in [2.45, 2.75) is 0 Å². The summed E-state index contributed by atoms with van der Waals surface area (Å²) >= 11 is 0. The van der Waals surface area contributed by atoms with Gasteiger partial charge in [0.05, 0.1) is 10.9 Å². The number of hydrogen-bond acceptors (Lipinski definition) is 4. The van der Waals surface area contributed by atoms with Crippen LogP contribution in [0.2, 0.25) is 0 Å². The SMILES string of the molecule is Cn1ccc2c(Oc3ccc(NC(=O)c4cn(-c5ccccc5)c5ccccc5c4=O)cc3F)ccnc21. The lowest BCUT2D eigenvalue weighted by molar-refractivity contribution is 0.102. The predicted molar refractivity (Wildman–Crippen MR) is 145 cm³/mol. The molecule has 7 nitrogen and oxygen atoms in total. The minimum absolute atomic E-state index is 0.00325. The number of hydrogen-bond donors (Lipinski definition) is 1. The summed E-state index contributed by atoms with van der Waals surface area (Å²) < 4.78 is 24.5. The summed E-state index contributed by atoms with van der Waals surface area (Å²) in [5, 5.41) is 3.80. The second kappa shape index (κ2) is 9.33. The zero-order valence-corrected chi connectivity index (χ0v) is 20.3. The number of halogens is 1. The molecule has 0 atom stereocenters. The molecule has 1 N–H and O–H groups in total. The van der Waals surface area contributed by atoms with Crippen molar-refractivity contribution >= 4 is 33.5 Å². The number of carbonyl (C=O) groups excluding carboxylic acids is 1. The van der Waals surface area contributed by atoms with Crippen LogP contribution < -0.4 is 15.5 Å². The zero-order valence-electron chi connectivity index (χ0n) is 20.3. The summed E-state index contributed by atoms with van der Waals surface area (Å²) in [6.07, 6.45) is 4.95. The number of rotatable bonds is 5. The summed E-state index contributed by atoms with van der Waals surface area (Å²) in [5.74, 6) is -0.845. The minimum Gasteiger partial charge on any atom is -0.453 e. The molecule has 0 fully saturated rings. The Balaban J connectivity index is 1.31. The maximum Gasteiger partial charge on any atom is 0.261 e. The fraction of sp³-hybridized carbons (Fsp3) is 0.0333. The fourth-order valence-corrected chi connectivity index (χ4v) is 4.45. The van der Waals surface area contributed by atoms with E-state index in [0.29, 0.717) is 22.3 Å². The second-order valence-electron chi connectivity index (χ2n) is 8.77. The number of nitrogens with one attached hydrogen (secondary N) is 1. The number of anilines is 1. The Labute approximate surface area is 216 Å². The van der Waals surface area contributed by atoms with E-state index < -0.39 is 17.2 Å². The van der Waals surface area contributed by atoms with Gasteiger partial charge in [-0.3, -0.25) is 9.59 Å². The van der Waals surface area contributed by atoms with Crippen molar-refractivity contribution in [1.82, 2.24) is 14.1 Å². The first-order valence-corrected chi connectivity index (χ1v) is 11.9. The molecule has 3 heterocycles. The van der Waals surface area contributed by atoms with Crippen LogP contribution in [-0.2, 0) is 7.05 Å². The van der Waals surface area contributed by atoms with Gasteiger partial charge in [-0.05, 0) is 48.5 Å². The van der Waals surface area contributed by atoms with Crippen LogP contribution in [-0.4, -0.2) is 20.0 Å². The van der Waals surface area contributed by atoms with E-state index in [1.54, 1.807) is 29.0 Å². The molecule has 6 rings (SSSR count). The quantitative estimate of drug-likeness (QED) is 0.310. The molecule has 0 bridgehead atoms. The van der Waals surface area contributed by atoms with Crippen molar-refractivity contribution in [3.63, 3.8) is 0 Å². The van der Waals surface area contributed by atoms with Crippen LogP contribution >= 0.6 is 0 Å². The van der Waals surface area contributed by atoms with Crippen molar-refractivity contribution in [3.05, 3.63) is 125 Å². The van der Waals surface area contributed by atoms with Gasteiger partial charge < -0.3 is 19.2 Å². The van der Waals surface area contributed by atoms with Crippen LogP contribution in [0.5, 0.6) is 11.5 Å². The average Bonchev–Trinajstić information content (AvgIpc) is 3.32. The molecule has 0 saturated carbocycles. The summed E-state index contributed by atoms with van der Waals surface area (Å²) in [5.41, 5.74) is 1.92. The van der Waals surface area contributed by atoms with E-state index in [9.17, 15) is 9.59 Å². The lowest BCUT2D eigenvalue weighted by Gasteiger charge is -2.14. The molecule has 0 aliphatic heterocycles. The van der Waals surface area contributed by atoms with E-state index in [1.807, 2.05) is 66.3 Å². The van der Waals surface area contributed by atoms with Gasteiger partial charge in [0, 0.05) is 48.5 Å². The number of fused-ring (bicyclic) bond motifs is 2. The van der Waals surface area contributed by atoms with Gasteiger partial charge in [-0.2, -0.15) is 0 Å². The topological polar surface area (TPSA) is 78.1 Å². The van der Waals surface area contributed by atoms with Crippen LogP contribution in [0.3, 0.4) is 0 Å². The van der Waals surface area contributed by atoms with Gasteiger partial charge in [0.25, 0.3) is 5.91 Å². The molecule has 0 saturated heterocycles. The number of aryl methyl sites for hydroxylation is 1. The number of carbonyl (C=O) groups is 1. The minimum atomic E-state index is -0.663. The number of ether oxygens (including phenoxy) is 1. The molecule has 0 aliphatic carbocycles. The van der Waals surface area contributed by atoms with E-state index in [2.05, 4.69) is 10.3 Å². The number of para-hydroxylation sites is 2. The van der Waals surface area contributed by atoms with Crippen molar-refractivity contribution in [3.8, 4) is 17.2 Å². The molecule has 0 aliphatic rings. The van der Waals surface area contributed by atoms with Gasteiger partial charge in [0.1, 0.15) is 17.0 Å². The smallest absolute Gasteiger partial charge is 0.261 e. The summed E-state index contributed by atoms with van der Waals surface area (Å²) in [4.78, 5) is 30.7. The van der Waals surface area contributed by atoms with Crippen molar-refractivity contribution < 1.29 is 13.9 Å². The van der Waals surface area contributed by atoms with Gasteiger partial charge in [-0.1, -0.05) is 30.3 Å².